The van der Waals surface area contributed by atoms with E-state index in [4.69, 9.17) is 5.26 Å². The quantitative estimate of drug-likeness (QED) is 0.517. The van der Waals surface area contributed by atoms with Gasteiger partial charge in [0.05, 0.1) is 23.3 Å². The molecule has 0 saturated heterocycles. The Balaban J connectivity index is 2.42. The van der Waals surface area contributed by atoms with Crippen LogP contribution in [0.2, 0.25) is 0 Å². The Morgan fingerprint density at radius 2 is 1.78 bits per heavy atom. The summed E-state index contributed by atoms with van der Waals surface area (Å²) in [7, 11) is 3.67. The lowest BCUT2D eigenvalue weighted by molar-refractivity contribution is 0.758. The van der Waals surface area contributed by atoms with Crippen molar-refractivity contribution in [2.24, 2.45) is 0 Å². The maximum absolute atomic E-state index is 9.45. The highest BCUT2D eigenvalue weighted by Crippen LogP contribution is 2.29. The van der Waals surface area contributed by atoms with Gasteiger partial charge in [-0.15, -0.1) is 8.86 Å². The minimum absolute atomic E-state index is 0.619. The van der Waals surface area contributed by atoms with Gasteiger partial charge in [-0.2, -0.15) is 10.5 Å². The number of benzene rings is 2. The maximum Gasteiger partial charge on any atom is 0.0992 e. The Hall–Kier alpha value is -2.71. The maximum atomic E-state index is 9.45. The van der Waals surface area contributed by atoms with E-state index in [1.807, 2.05) is 31.2 Å². The second-order valence-corrected chi connectivity index (χ2v) is 7.02. The molecule has 2 rings (SSSR count). The van der Waals surface area contributed by atoms with E-state index in [0.29, 0.717) is 11.1 Å². The van der Waals surface area contributed by atoms with E-state index in [0.717, 1.165) is 52.6 Å². The predicted molar refractivity (Wildman–Crippen MR) is 116 cm³/mol. The molecule has 0 radical (unpaired) electrons. The summed E-state index contributed by atoms with van der Waals surface area (Å²) in [6.45, 7) is 7.19. The van der Waals surface area contributed by atoms with Crippen LogP contribution in [0.3, 0.4) is 0 Å². The number of nitrogens with zero attached hydrogens (tertiary/aromatic N) is 2. The number of nitriles is 2. The molecular weight excluding hydrogens is 349 g/mol. The van der Waals surface area contributed by atoms with Gasteiger partial charge in [0, 0.05) is 12.0 Å². The lowest BCUT2D eigenvalue weighted by Gasteiger charge is -2.13. The van der Waals surface area contributed by atoms with Crippen LogP contribution in [0.5, 0.6) is 0 Å². The van der Waals surface area contributed by atoms with E-state index in [2.05, 4.69) is 46.2 Å². The van der Waals surface area contributed by atoms with Crippen LogP contribution in [0.1, 0.15) is 48.9 Å². The van der Waals surface area contributed by atoms with Crippen molar-refractivity contribution in [3.8, 4) is 23.3 Å². The first-order valence-corrected chi connectivity index (χ1v) is 9.56. The summed E-state index contributed by atoms with van der Waals surface area (Å²) in [6.07, 6.45) is 4.35. The number of nitrogens with one attached hydrogen (secondary N) is 1. The van der Waals surface area contributed by atoms with Crippen molar-refractivity contribution in [1.29, 1.82) is 10.5 Å². The van der Waals surface area contributed by atoms with Crippen LogP contribution >= 0.6 is 8.86 Å². The van der Waals surface area contributed by atoms with Gasteiger partial charge in [0.2, 0.25) is 0 Å². The molecule has 136 valence electrons. The molecule has 0 saturated carbocycles. The summed E-state index contributed by atoms with van der Waals surface area (Å²) < 4.78 is 0. The zero-order valence-corrected chi connectivity index (χ0v) is 17.1. The Morgan fingerprint density at radius 3 is 2.37 bits per heavy atom. The van der Waals surface area contributed by atoms with Crippen LogP contribution < -0.4 is 5.32 Å². The molecule has 0 bridgehead atoms. The number of hydrogen-bond acceptors (Lipinski definition) is 2. The molecular formula is C23H24N3P. The van der Waals surface area contributed by atoms with Crippen molar-refractivity contribution < 1.29 is 0 Å². The first-order valence-electron chi connectivity index (χ1n) is 9.06. The number of unbranched alkanes of at least 4 members (excludes halogenated alkanes) is 1. The highest BCUT2D eigenvalue weighted by Gasteiger charge is 2.09. The highest BCUT2D eigenvalue weighted by atomic mass is 31.0. The molecule has 3 nitrogen and oxygen atoms in total. The van der Waals surface area contributed by atoms with Crippen molar-refractivity contribution in [3.05, 3.63) is 64.2 Å². The van der Waals surface area contributed by atoms with Crippen LogP contribution in [-0.4, -0.2) is 12.0 Å². The van der Waals surface area contributed by atoms with Gasteiger partial charge in [-0.05, 0) is 78.4 Å². The summed E-state index contributed by atoms with van der Waals surface area (Å²) in [5.41, 5.74) is 7.40. The highest BCUT2D eigenvalue weighted by molar-refractivity contribution is 7.22. The fourth-order valence-corrected chi connectivity index (χ4v) is 3.01. The first kappa shape index (κ1) is 20.6. The average molecular weight is 373 g/mol. The molecule has 0 unspecified atom stereocenters. The van der Waals surface area contributed by atoms with E-state index in [1.165, 1.54) is 0 Å². The average Bonchev–Trinajstić information content (AvgIpc) is 2.69. The van der Waals surface area contributed by atoms with Crippen molar-refractivity contribution in [1.82, 2.24) is 5.32 Å². The standard InChI is InChI=1S/C23H24N3P/c1-4-5-10-26-23(27)16(2)11-21-12-19(15-25)13-22(17(21)3)20-8-6-18(14-24)7-9-20/h6-9,11-13,26-27H,4-5,10H2,1-3H3/b16-11+. The molecule has 0 amide bonds. The third-order valence-electron chi connectivity index (χ3n) is 4.50. The molecule has 0 atom stereocenters. The van der Waals surface area contributed by atoms with Gasteiger partial charge in [-0.1, -0.05) is 25.5 Å². The van der Waals surface area contributed by atoms with Crippen molar-refractivity contribution in [2.45, 2.75) is 33.6 Å². The van der Waals surface area contributed by atoms with Crippen molar-refractivity contribution in [3.63, 3.8) is 0 Å². The molecule has 27 heavy (non-hydrogen) atoms. The van der Waals surface area contributed by atoms with Crippen LogP contribution in [0.4, 0.5) is 0 Å². The fraction of sp³-hybridized carbons (Fsp3) is 0.261. The lowest BCUT2D eigenvalue weighted by Crippen LogP contribution is -2.22. The Labute approximate surface area is 164 Å². The van der Waals surface area contributed by atoms with E-state index < -0.39 is 0 Å². The smallest absolute Gasteiger partial charge is 0.0992 e. The fourth-order valence-electron chi connectivity index (χ4n) is 2.81. The Morgan fingerprint density at radius 1 is 1.11 bits per heavy atom. The third-order valence-corrected chi connectivity index (χ3v) is 5.07. The zero-order chi connectivity index (χ0) is 19.8. The van der Waals surface area contributed by atoms with Gasteiger partial charge in [-0.3, -0.25) is 5.32 Å². The van der Waals surface area contributed by atoms with Gasteiger partial charge in [0.15, 0.2) is 0 Å². The summed E-state index contributed by atoms with van der Waals surface area (Å²) >= 11 is 0. The topological polar surface area (TPSA) is 59.6 Å². The molecule has 2 aromatic rings. The molecule has 1 N–H and O–H groups in total. The third kappa shape index (κ3) is 5.38. The van der Waals surface area contributed by atoms with Crippen LogP contribution in [0.25, 0.3) is 17.2 Å². The Kier molecular flexibility index (Phi) is 7.51. The van der Waals surface area contributed by atoms with Gasteiger partial charge in [0.25, 0.3) is 0 Å². The normalized spacial score (nSPS) is 10.9. The first-order chi connectivity index (χ1) is 13.0. The largest absolute Gasteiger partial charge is 0.285 e. The minimum atomic E-state index is 0.619. The second-order valence-electron chi connectivity index (χ2n) is 6.52. The summed E-state index contributed by atoms with van der Waals surface area (Å²) in [5, 5.41) is 21.8. The summed E-state index contributed by atoms with van der Waals surface area (Å²) in [6, 6.07) is 15.7. The molecule has 0 fully saturated rings. The predicted octanol–water partition coefficient (Wildman–Crippen LogP) is 5.47. The number of hydrogen-bond donors (Lipinski definition) is 1. The monoisotopic (exact) mass is 373 g/mol. The van der Waals surface area contributed by atoms with E-state index in [-0.39, 0.29) is 0 Å². The minimum Gasteiger partial charge on any atom is -0.285 e. The Bertz CT molecular complexity index is 941. The molecule has 0 heterocycles. The van der Waals surface area contributed by atoms with Gasteiger partial charge < -0.3 is 0 Å². The van der Waals surface area contributed by atoms with Crippen molar-refractivity contribution >= 4 is 20.4 Å². The van der Waals surface area contributed by atoms with Crippen LogP contribution in [-0.2, 0) is 0 Å². The van der Waals surface area contributed by atoms with Crippen LogP contribution in [0.15, 0.2) is 42.0 Å². The van der Waals surface area contributed by atoms with E-state index >= 15 is 0 Å². The van der Waals surface area contributed by atoms with E-state index in [1.54, 1.807) is 12.1 Å². The molecule has 0 aromatic heterocycles. The van der Waals surface area contributed by atoms with E-state index in [9.17, 15) is 5.26 Å². The number of rotatable bonds is 7. The molecule has 2 aromatic carbocycles. The molecule has 0 aliphatic carbocycles. The summed E-state index contributed by atoms with van der Waals surface area (Å²) in [5.74, 6) is 0. The summed E-state index contributed by atoms with van der Waals surface area (Å²) in [4.78, 5) is 0. The zero-order valence-electron chi connectivity index (χ0n) is 16.1. The lowest BCUT2D eigenvalue weighted by atomic mass is 9.92. The molecule has 0 aliphatic rings. The SMILES string of the molecule is CCCCNC(=P)/C(C)=C/c1cc(C#N)cc(-c2ccc(C#N)cc2)c1C. The van der Waals surface area contributed by atoms with Crippen LogP contribution in [0, 0.1) is 29.6 Å². The van der Waals surface area contributed by atoms with Gasteiger partial charge in [0.1, 0.15) is 0 Å². The second kappa shape index (κ2) is 9.84. The molecule has 4 heteroatoms. The van der Waals surface area contributed by atoms with Gasteiger partial charge >= 0.3 is 0 Å². The molecule has 0 aliphatic heterocycles. The molecule has 0 spiro atoms. The van der Waals surface area contributed by atoms with Gasteiger partial charge in [-0.25, -0.2) is 0 Å². The van der Waals surface area contributed by atoms with Crippen molar-refractivity contribution in [2.75, 3.05) is 6.54 Å².